The Kier molecular flexibility index (Phi) is 5.72. The van der Waals surface area contributed by atoms with E-state index in [1.54, 1.807) is 22.8 Å². The zero-order valence-corrected chi connectivity index (χ0v) is 14.9. The van der Waals surface area contributed by atoms with Crippen LogP contribution in [-0.2, 0) is 15.7 Å². The first kappa shape index (κ1) is 19.0. The van der Waals surface area contributed by atoms with E-state index in [2.05, 4.69) is 4.90 Å². The minimum atomic E-state index is -4.38. The summed E-state index contributed by atoms with van der Waals surface area (Å²) < 4.78 is 45.3. The number of anilines is 1. The molecule has 0 bridgehead atoms. The molecule has 0 atom stereocenters. The summed E-state index contributed by atoms with van der Waals surface area (Å²) in [7, 11) is 0. The Morgan fingerprint density at radius 1 is 1.08 bits per heavy atom. The summed E-state index contributed by atoms with van der Waals surface area (Å²) >= 11 is 0. The van der Waals surface area contributed by atoms with Crippen LogP contribution in [0.3, 0.4) is 0 Å². The van der Waals surface area contributed by atoms with E-state index in [9.17, 15) is 18.0 Å². The van der Waals surface area contributed by atoms with E-state index >= 15 is 0 Å². The van der Waals surface area contributed by atoms with Crippen molar-refractivity contribution in [2.24, 2.45) is 0 Å². The molecule has 8 heteroatoms. The number of aryl methyl sites for hydroxylation is 1. The van der Waals surface area contributed by atoms with E-state index in [0.29, 0.717) is 51.5 Å². The quantitative estimate of drug-likeness (QED) is 0.814. The molecule has 0 N–H and O–H groups in total. The minimum Gasteiger partial charge on any atom is -0.379 e. The lowest BCUT2D eigenvalue weighted by Gasteiger charge is -2.38. The number of benzene rings is 1. The molecule has 1 aromatic carbocycles. The van der Waals surface area contributed by atoms with Crippen LogP contribution in [0.15, 0.2) is 18.2 Å². The monoisotopic (exact) mass is 371 g/mol. The molecule has 2 aliphatic heterocycles. The average molecular weight is 371 g/mol. The SMILES string of the molecule is Cc1ccc(N2CCN(C(=O)CN3CCOCC3)CC2)c(C(F)(F)F)c1. The molecule has 0 spiro atoms. The number of ether oxygens (including phenoxy) is 1. The molecule has 1 amide bonds. The van der Waals surface area contributed by atoms with Gasteiger partial charge in [-0.3, -0.25) is 9.69 Å². The number of carbonyl (C=O) groups is 1. The number of amides is 1. The van der Waals surface area contributed by atoms with Crippen molar-refractivity contribution in [1.29, 1.82) is 0 Å². The third-order valence-electron chi connectivity index (χ3n) is 4.89. The second-order valence-electron chi connectivity index (χ2n) is 6.77. The topological polar surface area (TPSA) is 36.0 Å². The van der Waals surface area contributed by atoms with Crippen LogP contribution in [-0.4, -0.2) is 74.7 Å². The predicted octanol–water partition coefficient (Wildman–Crippen LogP) is 1.99. The van der Waals surface area contributed by atoms with E-state index in [4.69, 9.17) is 4.74 Å². The zero-order chi connectivity index (χ0) is 18.7. The van der Waals surface area contributed by atoms with Gasteiger partial charge in [-0.25, -0.2) is 0 Å². The molecule has 26 heavy (non-hydrogen) atoms. The summed E-state index contributed by atoms with van der Waals surface area (Å²) in [5, 5.41) is 0. The zero-order valence-electron chi connectivity index (χ0n) is 14.9. The summed E-state index contributed by atoms with van der Waals surface area (Å²) in [4.78, 5) is 17.9. The normalized spacial score (nSPS) is 19.7. The highest BCUT2D eigenvalue weighted by atomic mass is 19.4. The van der Waals surface area contributed by atoms with Gasteiger partial charge < -0.3 is 14.5 Å². The Balaban J connectivity index is 1.61. The van der Waals surface area contributed by atoms with Gasteiger partial charge in [0.15, 0.2) is 0 Å². The summed E-state index contributed by atoms with van der Waals surface area (Å²) in [5.41, 5.74) is 0.175. The van der Waals surface area contributed by atoms with Gasteiger partial charge in [0.05, 0.1) is 25.3 Å². The fraction of sp³-hybridized carbons (Fsp3) is 0.611. The molecule has 0 radical (unpaired) electrons. The molecule has 0 aromatic heterocycles. The maximum absolute atomic E-state index is 13.3. The molecule has 0 unspecified atom stereocenters. The van der Waals surface area contributed by atoms with Crippen LogP contribution in [0, 0.1) is 6.92 Å². The molecule has 1 aromatic rings. The number of halogens is 3. The molecule has 144 valence electrons. The van der Waals surface area contributed by atoms with Crippen molar-refractivity contribution in [2.45, 2.75) is 13.1 Å². The smallest absolute Gasteiger partial charge is 0.379 e. The van der Waals surface area contributed by atoms with Crippen LogP contribution < -0.4 is 4.90 Å². The van der Waals surface area contributed by atoms with Gasteiger partial charge in [0.25, 0.3) is 0 Å². The third-order valence-corrected chi connectivity index (χ3v) is 4.89. The first-order valence-electron chi connectivity index (χ1n) is 8.85. The van der Waals surface area contributed by atoms with Crippen molar-refractivity contribution >= 4 is 11.6 Å². The molecule has 5 nitrogen and oxygen atoms in total. The van der Waals surface area contributed by atoms with Crippen LogP contribution >= 0.6 is 0 Å². The molecule has 2 fully saturated rings. The van der Waals surface area contributed by atoms with Crippen LogP contribution in [0.4, 0.5) is 18.9 Å². The lowest BCUT2D eigenvalue weighted by atomic mass is 10.1. The summed E-state index contributed by atoms with van der Waals surface area (Å²) in [5.74, 6) is 0.0338. The van der Waals surface area contributed by atoms with Crippen LogP contribution in [0.1, 0.15) is 11.1 Å². The van der Waals surface area contributed by atoms with Crippen molar-refractivity contribution in [3.63, 3.8) is 0 Å². The number of hydrogen-bond donors (Lipinski definition) is 0. The maximum atomic E-state index is 13.3. The van der Waals surface area contributed by atoms with Gasteiger partial charge in [-0.05, 0) is 19.1 Å². The molecular weight excluding hydrogens is 347 g/mol. The third kappa shape index (κ3) is 4.48. The number of carbonyl (C=O) groups excluding carboxylic acids is 1. The molecule has 0 aliphatic carbocycles. The largest absolute Gasteiger partial charge is 0.418 e. The van der Waals surface area contributed by atoms with Gasteiger partial charge in [0, 0.05) is 45.0 Å². The average Bonchev–Trinajstić information content (AvgIpc) is 2.62. The number of alkyl halides is 3. The van der Waals surface area contributed by atoms with E-state index in [1.807, 2.05) is 0 Å². The maximum Gasteiger partial charge on any atom is 0.418 e. The van der Waals surface area contributed by atoms with Crippen molar-refractivity contribution in [3.8, 4) is 0 Å². The van der Waals surface area contributed by atoms with E-state index in [-0.39, 0.29) is 11.6 Å². The number of morpholine rings is 1. The summed E-state index contributed by atoms with van der Waals surface area (Å²) in [6.07, 6.45) is -4.38. The number of nitrogens with zero attached hydrogens (tertiary/aromatic N) is 3. The van der Waals surface area contributed by atoms with Crippen LogP contribution in [0.5, 0.6) is 0 Å². The van der Waals surface area contributed by atoms with Crippen LogP contribution in [0.25, 0.3) is 0 Å². The second kappa shape index (κ2) is 7.84. The van der Waals surface area contributed by atoms with Gasteiger partial charge in [-0.1, -0.05) is 11.6 Å². The highest BCUT2D eigenvalue weighted by Crippen LogP contribution is 2.37. The first-order valence-corrected chi connectivity index (χ1v) is 8.85. The van der Waals surface area contributed by atoms with E-state index in [1.165, 1.54) is 12.1 Å². The summed E-state index contributed by atoms with van der Waals surface area (Å²) in [6.45, 7) is 6.44. The van der Waals surface area contributed by atoms with E-state index < -0.39 is 11.7 Å². The molecular formula is C18H24F3N3O2. The minimum absolute atomic E-state index is 0.0338. The van der Waals surface area contributed by atoms with Crippen molar-refractivity contribution < 1.29 is 22.7 Å². The number of rotatable bonds is 3. The Hall–Kier alpha value is -1.80. The highest BCUT2D eigenvalue weighted by Gasteiger charge is 2.36. The Bertz CT molecular complexity index is 637. The Morgan fingerprint density at radius 2 is 1.73 bits per heavy atom. The predicted molar refractivity (Wildman–Crippen MR) is 92.2 cm³/mol. The van der Waals surface area contributed by atoms with Gasteiger partial charge in [0.1, 0.15) is 0 Å². The first-order chi connectivity index (χ1) is 12.3. The Labute approximate surface area is 151 Å². The van der Waals surface area contributed by atoms with Gasteiger partial charge in [0.2, 0.25) is 5.91 Å². The van der Waals surface area contributed by atoms with Crippen molar-refractivity contribution in [1.82, 2.24) is 9.80 Å². The van der Waals surface area contributed by atoms with Gasteiger partial charge in [-0.2, -0.15) is 13.2 Å². The van der Waals surface area contributed by atoms with Crippen LogP contribution in [0.2, 0.25) is 0 Å². The fourth-order valence-electron chi connectivity index (χ4n) is 3.40. The molecule has 0 saturated carbocycles. The van der Waals surface area contributed by atoms with Gasteiger partial charge in [-0.15, -0.1) is 0 Å². The Morgan fingerprint density at radius 3 is 2.35 bits per heavy atom. The lowest BCUT2D eigenvalue weighted by Crippen LogP contribution is -2.52. The van der Waals surface area contributed by atoms with Crippen molar-refractivity contribution in [2.75, 3.05) is 63.9 Å². The molecule has 3 rings (SSSR count). The van der Waals surface area contributed by atoms with Gasteiger partial charge >= 0.3 is 6.18 Å². The fourth-order valence-corrected chi connectivity index (χ4v) is 3.40. The summed E-state index contributed by atoms with van der Waals surface area (Å²) in [6, 6.07) is 4.41. The standard InChI is InChI=1S/C18H24F3N3O2/c1-14-2-3-16(15(12-14)18(19,20)21)23-4-6-24(7-5-23)17(25)13-22-8-10-26-11-9-22/h2-3,12H,4-11,13H2,1H3. The number of hydrogen-bond acceptors (Lipinski definition) is 4. The molecule has 2 heterocycles. The number of piperazine rings is 1. The van der Waals surface area contributed by atoms with Crippen molar-refractivity contribution in [3.05, 3.63) is 29.3 Å². The van der Waals surface area contributed by atoms with E-state index in [0.717, 1.165) is 13.1 Å². The highest BCUT2D eigenvalue weighted by molar-refractivity contribution is 5.78. The second-order valence-corrected chi connectivity index (χ2v) is 6.77. The molecule has 2 aliphatic rings. The lowest BCUT2D eigenvalue weighted by molar-refractivity contribution is -0.137. The molecule has 2 saturated heterocycles.